The zero-order valence-corrected chi connectivity index (χ0v) is 12.9. The van der Waals surface area contributed by atoms with E-state index in [-0.39, 0.29) is 0 Å². The molecule has 6 nitrogen and oxygen atoms in total. The van der Waals surface area contributed by atoms with Crippen molar-refractivity contribution in [2.24, 2.45) is 0 Å². The summed E-state index contributed by atoms with van der Waals surface area (Å²) in [6, 6.07) is 12.7. The fourth-order valence-corrected chi connectivity index (χ4v) is 2.87. The Morgan fingerprint density at radius 3 is 2.88 bits per heavy atom. The molecule has 3 aromatic heterocycles. The van der Waals surface area contributed by atoms with Crippen LogP contribution in [0.25, 0.3) is 16.4 Å². The van der Waals surface area contributed by atoms with Crippen LogP contribution in [0, 0.1) is 6.92 Å². The van der Waals surface area contributed by atoms with Crippen molar-refractivity contribution in [1.29, 1.82) is 0 Å². The molecule has 0 saturated carbocycles. The highest BCUT2D eigenvalue weighted by Gasteiger charge is 2.22. The maximum absolute atomic E-state index is 12.6. The summed E-state index contributed by atoms with van der Waals surface area (Å²) < 4.78 is 1.68. The SMILES string of the molecule is Cc1[nH]c2ccccc2c1C(=O)C(=O)Nc1ccn2nccc2c1. The number of benzene rings is 1. The number of Topliss-reactive ketones (excluding diaryl/α,β-unsaturated/α-hetero) is 1. The second-order valence-corrected chi connectivity index (χ2v) is 5.57. The highest BCUT2D eigenvalue weighted by Crippen LogP contribution is 2.23. The van der Waals surface area contributed by atoms with Crippen LogP contribution in [-0.4, -0.2) is 26.3 Å². The van der Waals surface area contributed by atoms with Crippen LogP contribution in [0.3, 0.4) is 0 Å². The van der Waals surface area contributed by atoms with Gasteiger partial charge in [0.15, 0.2) is 0 Å². The minimum atomic E-state index is -0.660. The molecule has 0 aliphatic carbocycles. The molecule has 0 spiro atoms. The lowest BCUT2D eigenvalue weighted by Crippen LogP contribution is -2.23. The van der Waals surface area contributed by atoms with Gasteiger partial charge in [0, 0.05) is 34.7 Å². The molecule has 1 aromatic carbocycles. The lowest BCUT2D eigenvalue weighted by molar-refractivity contribution is -0.112. The minimum absolute atomic E-state index is 0.411. The van der Waals surface area contributed by atoms with Crippen LogP contribution in [0.4, 0.5) is 5.69 Å². The van der Waals surface area contributed by atoms with Gasteiger partial charge in [-0.05, 0) is 31.2 Å². The third-order valence-electron chi connectivity index (χ3n) is 3.98. The molecule has 0 bridgehead atoms. The maximum Gasteiger partial charge on any atom is 0.296 e. The van der Waals surface area contributed by atoms with E-state index in [4.69, 9.17) is 0 Å². The molecule has 2 N–H and O–H groups in total. The number of ketones is 1. The number of para-hydroxylation sites is 1. The summed E-state index contributed by atoms with van der Waals surface area (Å²) in [6.45, 7) is 1.79. The molecule has 0 fully saturated rings. The van der Waals surface area contributed by atoms with Crippen molar-refractivity contribution in [3.8, 4) is 0 Å². The van der Waals surface area contributed by atoms with E-state index < -0.39 is 11.7 Å². The highest BCUT2D eigenvalue weighted by atomic mass is 16.2. The average molecular weight is 318 g/mol. The third kappa shape index (κ3) is 2.25. The lowest BCUT2D eigenvalue weighted by Gasteiger charge is -2.05. The van der Waals surface area contributed by atoms with Crippen molar-refractivity contribution in [3.63, 3.8) is 0 Å². The van der Waals surface area contributed by atoms with Crippen LogP contribution < -0.4 is 5.32 Å². The minimum Gasteiger partial charge on any atom is -0.358 e. The molecule has 0 atom stereocenters. The van der Waals surface area contributed by atoms with Crippen LogP contribution in [0.1, 0.15) is 16.1 Å². The number of pyridine rings is 1. The summed E-state index contributed by atoms with van der Waals surface area (Å²) in [5.74, 6) is -1.22. The second kappa shape index (κ2) is 5.34. The number of nitrogens with zero attached hydrogens (tertiary/aromatic N) is 2. The monoisotopic (exact) mass is 318 g/mol. The first kappa shape index (κ1) is 14.2. The van der Waals surface area contributed by atoms with E-state index in [9.17, 15) is 9.59 Å². The number of hydrogen-bond acceptors (Lipinski definition) is 3. The molecular weight excluding hydrogens is 304 g/mol. The topological polar surface area (TPSA) is 79.3 Å². The molecule has 4 aromatic rings. The van der Waals surface area contributed by atoms with Crippen molar-refractivity contribution in [2.75, 3.05) is 5.32 Å². The van der Waals surface area contributed by atoms with Gasteiger partial charge < -0.3 is 10.3 Å². The van der Waals surface area contributed by atoms with Crippen LogP contribution in [0.5, 0.6) is 0 Å². The number of carbonyl (C=O) groups excluding carboxylic acids is 2. The second-order valence-electron chi connectivity index (χ2n) is 5.57. The van der Waals surface area contributed by atoms with Crippen LogP contribution in [0.2, 0.25) is 0 Å². The largest absolute Gasteiger partial charge is 0.358 e. The van der Waals surface area contributed by atoms with Gasteiger partial charge in [-0.15, -0.1) is 0 Å². The van der Waals surface area contributed by atoms with Gasteiger partial charge in [-0.2, -0.15) is 5.10 Å². The predicted molar refractivity (Wildman–Crippen MR) is 91.2 cm³/mol. The standard InChI is InChI=1S/C18H14N4O2/c1-11-16(14-4-2-3-5-15(14)20-11)17(23)18(24)21-12-7-9-22-13(10-12)6-8-19-22/h2-10,20H,1H3,(H,21,24). The van der Waals surface area contributed by atoms with Gasteiger partial charge in [-0.1, -0.05) is 18.2 Å². The summed E-state index contributed by atoms with van der Waals surface area (Å²) >= 11 is 0. The molecule has 0 saturated heterocycles. The van der Waals surface area contributed by atoms with E-state index in [1.54, 1.807) is 36.0 Å². The first-order chi connectivity index (χ1) is 11.6. The molecule has 3 heterocycles. The van der Waals surface area contributed by atoms with Gasteiger partial charge in [0.2, 0.25) is 0 Å². The Balaban J connectivity index is 1.65. The number of H-pyrrole nitrogens is 1. The number of aromatic nitrogens is 3. The Bertz CT molecular complexity index is 1090. The molecule has 24 heavy (non-hydrogen) atoms. The Labute approximate surface area is 137 Å². The van der Waals surface area contributed by atoms with Crippen LogP contribution in [0.15, 0.2) is 54.9 Å². The lowest BCUT2D eigenvalue weighted by atomic mass is 10.1. The molecule has 118 valence electrons. The van der Waals surface area contributed by atoms with Gasteiger partial charge in [0.05, 0.1) is 11.1 Å². The van der Waals surface area contributed by atoms with Crippen molar-refractivity contribution in [3.05, 3.63) is 66.1 Å². The van der Waals surface area contributed by atoms with Crippen molar-refractivity contribution >= 4 is 33.8 Å². The number of fused-ring (bicyclic) bond motifs is 2. The van der Waals surface area contributed by atoms with E-state index in [2.05, 4.69) is 15.4 Å². The average Bonchev–Trinajstić information content (AvgIpc) is 3.16. The maximum atomic E-state index is 12.6. The zero-order valence-electron chi connectivity index (χ0n) is 12.9. The van der Waals surface area contributed by atoms with Crippen LogP contribution in [-0.2, 0) is 4.79 Å². The first-order valence-electron chi connectivity index (χ1n) is 7.50. The quantitative estimate of drug-likeness (QED) is 0.450. The molecule has 4 rings (SSSR count). The van der Waals surface area contributed by atoms with Crippen LogP contribution >= 0.6 is 0 Å². The number of amides is 1. The summed E-state index contributed by atoms with van der Waals surface area (Å²) in [5, 5.41) is 7.51. The number of hydrogen-bond donors (Lipinski definition) is 2. The Hall–Kier alpha value is -3.41. The Morgan fingerprint density at radius 2 is 2.00 bits per heavy atom. The van der Waals surface area contributed by atoms with E-state index in [0.717, 1.165) is 16.4 Å². The number of anilines is 1. The summed E-state index contributed by atoms with van der Waals surface area (Å²) in [5.41, 5.74) is 3.32. The molecule has 6 heteroatoms. The smallest absolute Gasteiger partial charge is 0.296 e. The summed E-state index contributed by atoms with van der Waals surface area (Å²) in [4.78, 5) is 28.1. The van der Waals surface area contributed by atoms with E-state index >= 15 is 0 Å². The fraction of sp³-hybridized carbons (Fsp3) is 0.0556. The van der Waals surface area contributed by atoms with Crippen molar-refractivity contribution < 1.29 is 9.59 Å². The van der Waals surface area contributed by atoms with Gasteiger partial charge >= 0.3 is 0 Å². The molecule has 0 unspecified atom stereocenters. The summed E-state index contributed by atoms with van der Waals surface area (Å²) in [7, 11) is 0. The number of aromatic amines is 1. The molecule has 0 aliphatic heterocycles. The summed E-state index contributed by atoms with van der Waals surface area (Å²) in [6.07, 6.45) is 3.40. The van der Waals surface area contributed by atoms with Gasteiger partial charge in [0.25, 0.3) is 11.7 Å². The van der Waals surface area contributed by atoms with E-state index in [1.165, 1.54) is 0 Å². The number of nitrogens with one attached hydrogen (secondary N) is 2. The normalized spacial score (nSPS) is 11.0. The number of rotatable bonds is 3. The third-order valence-corrected chi connectivity index (χ3v) is 3.98. The highest BCUT2D eigenvalue weighted by molar-refractivity contribution is 6.48. The van der Waals surface area contributed by atoms with Crippen molar-refractivity contribution in [1.82, 2.24) is 14.6 Å². The van der Waals surface area contributed by atoms with Crippen molar-refractivity contribution in [2.45, 2.75) is 6.92 Å². The number of aryl methyl sites for hydroxylation is 1. The van der Waals surface area contributed by atoms with E-state index in [0.29, 0.717) is 16.9 Å². The predicted octanol–water partition coefficient (Wildman–Crippen LogP) is 2.95. The fourth-order valence-electron chi connectivity index (χ4n) is 2.87. The van der Waals surface area contributed by atoms with Gasteiger partial charge in [0.1, 0.15) is 0 Å². The van der Waals surface area contributed by atoms with Gasteiger partial charge in [-0.3, -0.25) is 9.59 Å². The first-order valence-corrected chi connectivity index (χ1v) is 7.50. The number of carbonyl (C=O) groups is 2. The molecule has 0 aliphatic rings. The van der Waals surface area contributed by atoms with Gasteiger partial charge in [-0.25, -0.2) is 4.52 Å². The molecule has 1 amide bonds. The molecule has 0 radical (unpaired) electrons. The van der Waals surface area contributed by atoms with E-state index in [1.807, 2.05) is 30.3 Å². The zero-order chi connectivity index (χ0) is 16.7. The Kier molecular flexibility index (Phi) is 3.16. The Morgan fingerprint density at radius 1 is 1.17 bits per heavy atom. The molecular formula is C18H14N4O2.